The number of fused-ring (bicyclic) bond motifs is 1. The van der Waals surface area contributed by atoms with Gasteiger partial charge in [-0.3, -0.25) is 0 Å². The summed E-state index contributed by atoms with van der Waals surface area (Å²) in [5.74, 6) is 0.706. The van der Waals surface area contributed by atoms with Gasteiger partial charge in [-0.1, -0.05) is 38.1 Å². The van der Waals surface area contributed by atoms with Gasteiger partial charge in [-0.15, -0.1) is 0 Å². The molecule has 1 aliphatic carbocycles. The van der Waals surface area contributed by atoms with E-state index in [1.54, 1.807) is 5.56 Å². The number of benzene rings is 1. The van der Waals surface area contributed by atoms with E-state index in [1.807, 2.05) is 0 Å². The van der Waals surface area contributed by atoms with Crippen LogP contribution in [-0.4, -0.2) is 19.8 Å². The minimum atomic E-state index is 0.508. The molecule has 2 heteroatoms. The maximum atomic E-state index is 5.74. The Labute approximate surface area is 130 Å². The van der Waals surface area contributed by atoms with Gasteiger partial charge in [0.1, 0.15) is 0 Å². The first-order valence-corrected chi connectivity index (χ1v) is 8.75. The summed E-state index contributed by atoms with van der Waals surface area (Å²) in [6.07, 6.45) is 7.33. The fourth-order valence-corrected chi connectivity index (χ4v) is 3.41. The second kappa shape index (κ2) is 9.22. The lowest BCUT2D eigenvalue weighted by Gasteiger charge is -2.28. The van der Waals surface area contributed by atoms with Crippen LogP contribution in [0.2, 0.25) is 0 Å². The molecule has 0 spiro atoms. The van der Waals surface area contributed by atoms with E-state index >= 15 is 0 Å². The van der Waals surface area contributed by atoms with Crippen molar-refractivity contribution in [3.63, 3.8) is 0 Å². The number of hydrogen-bond donors (Lipinski definition) is 1. The average molecular weight is 289 g/mol. The molecule has 2 rings (SSSR count). The van der Waals surface area contributed by atoms with E-state index in [2.05, 4.69) is 43.4 Å². The molecule has 0 aromatic heterocycles. The summed E-state index contributed by atoms with van der Waals surface area (Å²) in [5, 5.41) is 3.80. The van der Waals surface area contributed by atoms with Gasteiger partial charge in [-0.05, 0) is 62.1 Å². The third-order valence-corrected chi connectivity index (χ3v) is 4.48. The fraction of sp³-hybridized carbons (Fsp3) is 0.684. The molecule has 0 amide bonds. The molecule has 0 saturated heterocycles. The highest BCUT2D eigenvalue weighted by molar-refractivity contribution is 5.31. The summed E-state index contributed by atoms with van der Waals surface area (Å²) in [4.78, 5) is 0. The van der Waals surface area contributed by atoms with Gasteiger partial charge in [-0.25, -0.2) is 0 Å². The first-order valence-electron chi connectivity index (χ1n) is 8.75. The number of rotatable bonds is 8. The molecule has 0 heterocycles. The van der Waals surface area contributed by atoms with Crippen LogP contribution in [0, 0.1) is 5.92 Å². The van der Waals surface area contributed by atoms with Crippen LogP contribution in [0.25, 0.3) is 0 Å². The highest BCUT2D eigenvalue weighted by Crippen LogP contribution is 2.35. The van der Waals surface area contributed by atoms with Crippen molar-refractivity contribution in [3.05, 3.63) is 35.4 Å². The molecule has 0 fully saturated rings. The van der Waals surface area contributed by atoms with E-state index in [0.29, 0.717) is 12.0 Å². The van der Waals surface area contributed by atoms with Crippen LogP contribution in [-0.2, 0) is 11.2 Å². The number of hydrogen-bond acceptors (Lipinski definition) is 2. The molecule has 2 unspecified atom stereocenters. The molecular formula is C19H31NO. The zero-order chi connectivity index (χ0) is 14.9. The van der Waals surface area contributed by atoms with Crippen LogP contribution < -0.4 is 5.32 Å². The third kappa shape index (κ3) is 4.82. The van der Waals surface area contributed by atoms with E-state index in [9.17, 15) is 0 Å². The smallest absolute Gasteiger partial charge is 0.0469 e. The lowest BCUT2D eigenvalue weighted by Crippen LogP contribution is -2.29. The van der Waals surface area contributed by atoms with Crippen LogP contribution in [0.15, 0.2) is 24.3 Å². The van der Waals surface area contributed by atoms with Gasteiger partial charge in [0.05, 0.1) is 0 Å². The van der Waals surface area contributed by atoms with Crippen molar-refractivity contribution in [3.8, 4) is 0 Å². The molecule has 0 radical (unpaired) electrons. The topological polar surface area (TPSA) is 21.3 Å². The molecular weight excluding hydrogens is 258 g/mol. The van der Waals surface area contributed by atoms with Crippen LogP contribution in [0.4, 0.5) is 0 Å². The Bertz CT molecular complexity index is 404. The van der Waals surface area contributed by atoms with Crippen molar-refractivity contribution < 1.29 is 4.74 Å². The molecule has 118 valence electrons. The van der Waals surface area contributed by atoms with E-state index in [-0.39, 0.29) is 0 Å². The van der Waals surface area contributed by atoms with Gasteiger partial charge < -0.3 is 10.1 Å². The van der Waals surface area contributed by atoms with Gasteiger partial charge in [0.2, 0.25) is 0 Å². The maximum Gasteiger partial charge on any atom is 0.0469 e. The Hall–Kier alpha value is -0.860. The zero-order valence-electron chi connectivity index (χ0n) is 13.7. The van der Waals surface area contributed by atoms with Gasteiger partial charge in [0.25, 0.3) is 0 Å². The van der Waals surface area contributed by atoms with Crippen molar-refractivity contribution in [1.82, 2.24) is 5.32 Å². The third-order valence-electron chi connectivity index (χ3n) is 4.48. The predicted octanol–water partition coefficient (Wildman–Crippen LogP) is 4.50. The van der Waals surface area contributed by atoms with Crippen molar-refractivity contribution in [2.45, 2.75) is 58.4 Å². The SMILES string of the molecule is CCCNC1c2ccccc2CCCC1CCOCCC. The Morgan fingerprint density at radius 1 is 1.14 bits per heavy atom. The van der Waals surface area contributed by atoms with E-state index in [4.69, 9.17) is 4.74 Å². The molecule has 2 atom stereocenters. The number of nitrogens with one attached hydrogen (secondary N) is 1. The van der Waals surface area contributed by atoms with Crippen molar-refractivity contribution in [2.24, 2.45) is 5.92 Å². The largest absolute Gasteiger partial charge is 0.381 e. The van der Waals surface area contributed by atoms with Gasteiger partial charge in [-0.2, -0.15) is 0 Å². The minimum absolute atomic E-state index is 0.508. The van der Waals surface area contributed by atoms with Gasteiger partial charge >= 0.3 is 0 Å². The highest BCUT2D eigenvalue weighted by Gasteiger charge is 2.26. The molecule has 0 aliphatic heterocycles. The normalized spacial score (nSPS) is 21.8. The van der Waals surface area contributed by atoms with Crippen molar-refractivity contribution in [1.29, 1.82) is 0 Å². The number of aryl methyl sites for hydroxylation is 1. The summed E-state index contributed by atoms with van der Waals surface area (Å²) >= 11 is 0. The summed E-state index contributed by atoms with van der Waals surface area (Å²) < 4.78 is 5.74. The lowest BCUT2D eigenvalue weighted by atomic mass is 9.88. The van der Waals surface area contributed by atoms with Crippen LogP contribution in [0.5, 0.6) is 0 Å². The van der Waals surface area contributed by atoms with Crippen molar-refractivity contribution >= 4 is 0 Å². The second-order valence-electron chi connectivity index (χ2n) is 6.18. The van der Waals surface area contributed by atoms with E-state index in [0.717, 1.165) is 26.2 Å². The molecule has 1 aromatic rings. The van der Waals surface area contributed by atoms with E-state index in [1.165, 1.54) is 37.7 Å². The Kier molecular flexibility index (Phi) is 7.25. The first-order chi connectivity index (χ1) is 10.4. The van der Waals surface area contributed by atoms with Gasteiger partial charge in [0, 0.05) is 19.3 Å². The standard InChI is InChI=1S/C19H31NO/c1-3-13-20-19-17(12-15-21-14-4-2)10-7-9-16-8-5-6-11-18(16)19/h5-6,8,11,17,19-20H,3-4,7,9-10,12-15H2,1-2H3. The highest BCUT2D eigenvalue weighted by atomic mass is 16.5. The minimum Gasteiger partial charge on any atom is -0.381 e. The molecule has 1 N–H and O–H groups in total. The monoisotopic (exact) mass is 289 g/mol. The average Bonchev–Trinajstić information content (AvgIpc) is 2.69. The quantitative estimate of drug-likeness (QED) is 0.562. The van der Waals surface area contributed by atoms with Crippen LogP contribution >= 0.6 is 0 Å². The number of ether oxygens (including phenoxy) is 1. The van der Waals surface area contributed by atoms with Crippen LogP contribution in [0.3, 0.4) is 0 Å². The predicted molar refractivity (Wildman–Crippen MR) is 89.6 cm³/mol. The first kappa shape index (κ1) is 16.5. The molecule has 2 nitrogen and oxygen atoms in total. The van der Waals surface area contributed by atoms with E-state index < -0.39 is 0 Å². The molecule has 0 bridgehead atoms. The summed E-state index contributed by atoms with van der Waals surface area (Å²) in [6.45, 7) is 7.33. The molecule has 1 aliphatic rings. The van der Waals surface area contributed by atoms with Gasteiger partial charge in [0.15, 0.2) is 0 Å². The molecule has 1 aromatic carbocycles. The summed E-state index contributed by atoms with van der Waals surface area (Å²) in [6, 6.07) is 9.52. The Morgan fingerprint density at radius 2 is 2.00 bits per heavy atom. The zero-order valence-corrected chi connectivity index (χ0v) is 13.7. The second-order valence-corrected chi connectivity index (χ2v) is 6.18. The summed E-state index contributed by atoms with van der Waals surface area (Å²) in [7, 11) is 0. The molecule has 21 heavy (non-hydrogen) atoms. The maximum absolute atomic E-state index is 5.74. The fourth-order valence-electron chi connectivity index (χ4n) is 3.41. The molecule has 0 saturated carbocycles. The summed E-state index contributed by atoms with van der Waals surface area (Å²) in [5.41, 5.74) is 3.08. The van der Waals surface area contributed by atoms with Crippen molar-refractivity contribution in [2.75, 3.05) is 19.8 Å². The Balaban J connectivity index is 2.06. The Morgan fingerprint density at radius 3 is 2.81 bits per heavy atom. The van der Waals surface area contributed by atoms with Crippen LogP contribution in [0.1, 0.15) is 63.1 Å². The lowest BCUT2D eigenvalue weighted by molar-refractivity contribution is 0.112.